The maximum atomic E-state index is 13.8. The lowest BCUT2D eigenvalue weighted by Crippen LogP contribution is -2.55. The fourth-order valence-corrected chi connectivity index (χ4v) is 4.58. The number of anilines is 1. The first-order valence-corrected chi connectivity index (χ1v) is 12.1. The molecule has 1 saturated heterocycles. The van der Waals surface area contributed by atoms with Crippen LogP contribution in [0.3, 0.4) is 0 Å². The minimum atomic E-state index is -3.09. The quantitative estimate of drug-likeness (QED) is 0.450. The number of likely N-dealkylation sites (tertiary alicyclic amines) is 1. The van der Waals surface area contributed by atoms with Crippen LogP contribution in [0.1, 0.15) is 45.2 Å². The molecule has 3 rings (SSSR count). The number of aromatic nitrogens is 2. The molecule has 1 aromatic heterocycles. The lowest BCUT2D eigenvalue weighted by atomic mass is 9.85. The standard InChI is InChI=1S/C24H31ClF2N4O5/c1-4-35-20(21(32)33)14-30-11-8-24(9-12-30,31-18(15(2)3)7-10-28-31)22(34)29-17-6-5-16(25)13-19(17)36-23(26)27/h5-7,10,13,15,20,23H,4,8-9,11-12,14H2,1-3H3,(H,29,34)(H,32,33)/t20-/m1/s1. The van der Waals surface area contributed by atoms with Gasteiger partial charge in [-0.3, -0.25) is 14.4 Å². The van der Waals surface area contributed by atoms with Gasteiger partial charge in [0.15, 0.2) is 11.9 Å². The van der Waals surface area contributed by atoms with Gasteiger partial charge in [0.05, 0.1) is 5.69 Å². The molecular formula is C24H31ClF2N4O5. The Hall–Kier alpha value is -2.76. The molecule has 0 radical (unpaired) electrons. The molecule has 1 aliphatic heterocycles. The normalized spacial score (nSPS) is 16.8. The van der Waals surface area contributed by atoms with Crippen LogP contribution >= 0.6 is 11.6 Å². The van der Waals surface area contributed by atoms with Gasteiger partial charge in [-0.05, 0) is 43.9 Å². The summed E-state index contributed by atoms with van der Waals surface area (Å²) in [5.41, 5.74) is -0.227. The van der Waals surface area contributed by atoms with Gasteiger partial charge in [0, 0.05) is 49.2 Å². The molecule has 1 amide bonds. The van der Waals surface area contributed by atoms with E-state index in [9.17, 15) is 23.5 Å². The van der Waals surface area contributed by atoms with Crippen molar-refractivity contribution in [2.24, 2.45) is 0 Å². The summed E-state index contributed by atoms with van der Waals surface area (Å²) in [6.07, 6.45) is 1.28. The number of aliphatic carboxylic acids is 1. The Bertz CT molecular complexity index is 1060. The number of carboxylic acid groups (broad SMARTS) is 1. The first-order chi connectivity index (χ1) is 17.1. The number of carboxylic acids is 1. The van der Waals surface area contributed by atoms with E-state index in [-0.39, 0.29) is 35.5 Å². The zero-order chi connectivity index (χ0) is 26.5. The molecule has 0 bridgehead atoms. The van der Waals surface area contributed by atoms with Gasteiger partial charge >= 0.3 is 12.6 Å². The van der Waals surface area contributed by atoms with Crippen LogP contribution in [-0.2, 0) is 19.9 Å². The predicted molar refractivity (Wildman–Crippen MR) is 130 cm³/mol. The van der Waals surface area contributed by atoms with Gasteiger partial charge in [0.25, 0.3) is 5.91 Å². The van der Waals surface area contributed by atoms with Crippen LogP contribution in [0, 0.1) is 0 Å². The number of rotatable bonds is 11. The average Bonchev–Trinajstić information content (AvgIpc) is 3.31. The van der Waals surface area contributed by atoms with Crippen molar-refractivity contribution in [3.8, 4) is 5.75 Å². The minimum absolute atomic E-state index is 0.0621. The second-order valence-corrected chi connectivity index (χ2v) is 9.35. The van der Waals surface area contributed by atoms with Crippen LogP contribution < -0.4 is 10.1 Å². The van der Waals surface area contributed by atoms with Crippen molar-refractivity contribution >= 4 is 29.2 Å². The molecule has 12 heteroatoms. The SMILES string of the molecule is CCO[C@H](CN1CCC(C(=O)Nc2ccc(Cl)cc2OC(F)F)(n2nccc2C(C)C)CC1)C(=O)O. The number of benzene rings is 1. The molecule has 36 heavy (non-hydrogen) atoms. The van der Waals surface area contributed by atoms with Gasteiger partial charge in [-0.1, -0.05) is 25.4 Å². The van der Waals surface area contributed by atoms with Crippen LogP contribution in [0.5, 0.6) is 5.75 Å². The van der Waals surface area contributed by atoms with E-state index in [4.69, 9.17) is 16.3 Å². The Morgan fingerprint density at radius 2 is 1.94 bits per heavy atom. The number of halogens is 3. The molecule has 1 fully saturated rings. The molecule has 198 valence electrons. The Morgan fingerprint density at radius 3 is 2.53 bits per heavy atom. The second-order valence-electron chi connectivity index (χ2n) is 8.91. The summed E-state index contributed by atoms with van der Waals surface area (Å²) in [5.74, 6) is -1.66. The topological polar surface area (TPSA) is 106 Å². The number of nitrogens with zero attached hydrogens (tertiary/aromatic N) is 3. The molecule has 0 unspecified atom stereocenters. The van der Waals surface area contributed by atoms with Crippen molar-refractivity contribution in [1.82, 2.24) is 14.7 Å². The van der Waals surface area contributed by atoms with Crippen LogP contribution in [0.25, 0.3) is 0 Å². The number of ether oxygens (including phenoxy) is 2. The van der Waals surface area contributed by atoms with Crippen LogP contribution in [-0.4, -0.2) is 70.6 Å². The number of carbonyl (C=O) groups is 2. The van der Waals surface area contributed by atoms with E-state index < -0.39 is 30.1 Å². The van der Waals surface area contributed by atoms with Gasteiger partial charge in [-0.25, -0.2) is 4.79 Å². The second kappa shape index (κ2) is 12.0. The highest BCUT2D eigenvalue weighted by atomic mass is 35.5. The third-order valence-electron chi connectivity index (χ3n) is 6.25. The zero-order valence-corrected chi connectivity index (χ0v) is 21.2. The minimum Gasteiger partial charge on any atom is -0.479 e. The highest BCUT2D eigenvalue weighted by Gasteiger charge is 2.46. The van der Waals surface area contributed by atoms with Gasteiger partial charge in [-0.15, -0.1) is 0 Å². The largest absolute Gasteiger partial charge is 0.479 e. The van der Waals surface area contributed by atoms with Gasteiger partial charge in [0.1, 0.15) is 5.54 Å². The Kier molecular flexibility index (Phi) is 9.26. The maximum Gasteiger partial charge on any atom is 0.387 e. The lowest BCUT2D eigenvalue weighted by molar-refractivity contribution is -0.152. The molecule has 2 heterocycles. The van der Waals surface area contributed by atoms with Gasteiger partial charge in [0.2, 0.25) is 0 Å². The molecular weight excluding hydrogens is 498 g/mol. The summed E-state index contributed by atoms with van der Waals surface area (Å²) in [4.78, 5) is 27.3. The lowest BCUT2D eigenvalue weighted by Gasteiger charge is -2.42. The molecule has 1 atom stereocenters. The summed E-state index contributed by atoms with van der Waals surface area (Å²) >= 11 is 5.94. The van der Waals surface area contributed by atoms with Gasteiger partial charge < -0.3 is 19.9 Å². The molecule has 2 N–H and O–H groups in total. The van der Waals surface area contributed by atoms with Crippen molar-refractivity contribution in [2.75, 3.05) is 31.6 Å². The monoisotopic (exact) mass is 528 g/mol. The number of piperidine rings is 1. The van der Waals surface area contributed by atoms with E-state index >= 15 is 0 Å². The molecule has 9 nitrogen and oxygen atoms in total. The summed E-state index contributed by atoms with van der Waals surface area (Å²) in [6, 6.07) is 5.94. The molecule has 2 aromatic rings. The first-order valence-electron chi connectivity index (χ1n) is 11.7. The number of carbonyl (C=O) groups excluding carboxylic acids is 1. The fraction of sp³-hybridized carbons (Fsp3) is 0.542. The Morgan fingerprint density at radius 1 is 1.25 bits per heavy atom. The number of hydrogen-bond donors (Lipinski definition) is 2. The number of hydrogen-bond acceptors (Lipinski definition) is 6. The molecule has 1 aromatic carbocycles. The Labute approximate surface area is 213 Å². The number of amides is 1. The molecule has 0 saturated carbocycles. The van der Waals surface area contributed by atoms with Crippen molar-refractivity contribution in [3.05, 3.63) is 41.2 Å². The third kappa shape index (κ3) is 6.32. The summed E-state index contributed by atoms with van der Waals surface area (Å²) in [7, 11) is 0. The molecule has 0 aliphatic carbocycles. The maximum absolute atomic E-state index is 13.8. The van der Waals surface area contributed by atoms with Gasteiger partial charge in [-0.2, -0.15) is 13.9 Å². The zero-order valence-electron chi connectivity index (χ0n) is 20.4. The summed E-state index contributed by atoms with van der Waals surface area (Å²) in [6.45, 7) is 3.87. The first kappa shape index (κ1) is 27.8. The smallest absolute Gasteiger partial charge is 0.387 e. The van der Waals surface area contributed by atoms with Crippen molar-refractivity contribution in [3.63, 3.8) is 0 Å². The van der Waals surface area contributed by atoms with E-state index in [1.807, 2.05) is 24.8 Å². The van der Waals surface area contributed by atoms with Crippen molar-refractivity contribution in [1.29, 1.82) is 0 Å². The van der Waals surface area contributed by atoms with E-state index in [1.165, 1.54) is 18.2 Å². The van der Waals surface area contributed by atoms with Crippen LogP contribution in [0.2, 0.25) is 5.02 Å². The summed E-state index contributed by atoms with van der Waals surface area (Å²) < 4.78 is 37.6. The average molecular weight is 529 g/mol. The number of nitrogens with one attached hydrogen (secondary N) is 1. The predicted octanol–water partition coefficient (Wildman–Crippen LogP) is 4.18. The highest BCUT2D eigenvalue weighted by molar-refractivity contribution is 6.30. The van der Waals surface area contributed by atoms with Crippen LogP contribution in [0.4, 0.5) is 14.5 Å². The van der Waals surface area contributed by atoms with E-state index in [2.05, 4.69) is 15.2 Å². The Balaban J connectivity index is 1.91. The third-order valence-corrected chi connectivity index (χ3v) is 6.49. The van der Waals surface area contributed by atoms with E-state index in [1.54, 1.807) is 17.8 Å². The highest BCUT2D eigenvalue weighted by Crippen LogP contribution is 2.36. The van der Waals surface area contributed by atoms with Crippen molar-refractivity contribution in [2.45, 2.75) is 57.8 Å². The van der Waals surface area contributed by atoms with Crippen LogP contribution in [0.15, 0.2) is 30.5 Å². The van der Waals surface area contributed by atoms with E-state index in [0.717, 1.165) is 5.69 Å². The fourth-order valence-electron chi connectivity index (χ4n) is 4.42. The summed E-state index contributed by atoms with van der Waals surface area (Å²) in [5, 5.41) is 16.8. The molecule has 1 aliphatic rings. The van der Waals surface area contributed by atoms with E-state index in [0.29, 0.717) is 25.9 Å². The number of alkyl halides is 2. The molecule has 0 spiro atoms. The van der Waals surface area contributed by atoms with Crippen molar-refractivity contribution < 1.29 is 33.0 Å².